The van der Waals surface area contributed by atoms with Gasteiger partial charge in [0.1, 0.15) is 6.61 Å². The van der Waals surface area contributed by atoms with Crippen molar-refractivity contribution in [1.29, 1.82) is 0 Å². The van der Waals surface area contributed by atoms with Crippen molar-refractivity contribution < 1.29 is 17.9 Å². The largest absolute Gasteiger partial charge is 0.461 e. The van der Waals surface area contributed by atoms with Crippen molar-refractivity contribution in [1.82, 2.24) is 4.90 Å². The molecule has 0 radical (unpaired) electrons. The van der Waals surface area contributed by atoms with Crippen molar-refractivity contribution in [2.45, 2.75) is 31.6 Å². The predicted molar refractivity (Wildman–Crippen MR) is 85.1 cm³/mol. The van der Waals surface area contributed by atoms with Gasteiger partial charge in [-0.3, -0.25) is 0 Å². The number of benzene rings is 1. The third-order valence-corrected chi connectivity index (χ3v) is 4.26. The van der Waals surface area contributed by atoms with Gasteiger partial charge < -0.3 is 9.64 Å². The normalized spacial score (nSPS) is 11.6. The monoisotopic (exact) mass is 328 g/mol. The number of likely N-dealkylation sites (N-methyl/N-ethyl adjacent to an activating group) is 1. The van der Waals surface area contributed by atoms with E-state index in [9.17, 15) is 13.2 Å². The Balaban J connectivity index is 2.48. The van der Waals surface area contributed by atoms with E-state index >= 15 is 0 Å². The molecule has 7 heteroatoms. The molecule has 6 nitrogen and oxygen atoms in total. The lowest BCUT2D eigenvalue weighted by Gasteiger charge is -2.19. The zero-order valence-electron chi connectivity index (χ0n) is 13.1. The lowest BCUT2D eigenvalue weighted by Crippen LogP contribution is -2.29. The van der Waals surface area contributed by atoms with Crippen LogP contribution in [0.1, 0.15) is 37.0 Å². The Labute approximate surface area is 132 Å². The van der Waals surface area contributed by atoms with E-state index in [1.54, 1.807) is 0 Å². The van der Waals surface area contributed by atoms with Crippen LogP contribution in [0.4, 0.5) is 0 Å². The summed E-state index contributed by atoms with van der Waals surface area (Å²) in [6, 6.07) is 5.39. The summed E-state index contributed by atoms with van der Waals surface area (Å²) in [6.07, 6.45) is 2.25. The van der Waals surface area contributed by atoms with E-state index < -0.39 is 16.0 Å². The molecule has 1 rings (SSSR count). The second-order valence-corrected chi connectivity index (χ2v) is 6.55. The Bertz CT molecular complexity index is 570. The van der Waals surface area contributed by atoms with Crippen molar-refractivity contribution in [2.24, 2.45) is 5.14 Å². The van der Waals surface area contributed by atoms with Crippen LogP contribution in [0.25, 0.3) is 0 Å². The number of nitrogens with zero attached hydrogens (tertiary/aromatic N) is 1. The SMILES string of the molecule is CCCCN(CC)CCOC(=O)c1ccc(S(N)(=O)=O)cc1. The number of sulfonamides is 1. The molecule has 0 heterocycles. The zero-order valence-corrected chi connectivity index (χ0v) is 13.9. The number of esters is 1. The molecular weight excluding hydrogens is 304 g/mol. The van der Waals surface area contributed by atoms with E-state index in [-0.39, 0.29) is 4.90 Å². The van der Waals surface area contributed by atoms with Gasteiger partial charge in [0.15, 0.2) is 0 Å². The molecule has 0 saturated heterocycles. The van der Waals surface area contributed by atoms with E-state index in [2.05, 4.69) is 18.7 Å². The summed E-state index contributed by atoms with van der Waals surface area (Å²) in [6.45, 7) is 7.13. The number of unbranched alkanes of at least 4 members (excludes halogenated alkanes) is 1. The standard InChI is InChI=1S/C15H24N2O4S/c1-3-5-10-17(4-2)11-12-21-15(18)13-6-8-14(9-7-13)22(16,19)20/h6-9H,3-5,10-12H2,1-2H3,(H2,16,19,20). The molecule has 1 aromatic carbocycles. The maximum Gasteiger partial charge on any atom is 0.338 e. The average molecular weight is 328 g/mol. The highest BCUT2D eigenvalue weighted by atomic mass is 32.2. The summed E-state index contributed by atoms with van der Waals surface area (Å²) in [5.74, 6) is -0.465. The van der Waals surface area contributed by atoms with Crippen LogP contribution in [0, 0.1) is 0 Å². The molecule has 124 valence electrons. The van der Waals surface area contributed by atoms with Gasteiger partial charge in [0.2, 0.25) is 10.0 Å². The summed E-state index contributed by atoms with van der Waals surface area (Å²) >= 11 is 0. The molecule has 0 amide bonds. The minimum absolute atomic E-state index is 0.0271. The summed E-state index contributed by atoms with van der Waals surface area (Å²) in [5.41, 5.74) is 0.309. The van der Waals surface area contributed by atoms with E-state index in [0.717, 1.165) is 25.9 Å². The average Bonchev–Trinajstić information content (AvgIpc) is 2.49. The van der Waals surface area contributed by atoms with Crippen molar-refractivity contribution in [3.05, 3.63) is 29.8 Å². The minimum Gasteiger partial charge on any atom is -0.461 e. The van der Waals surface area contributed by atoms with E-state index in [0.29, 0.717) is 18.7 Å². The lowest BCUT2D eigenvalue weighted by molar-refractivity contribution is 0.0463. The molecule has 0 aliphatic rings. The van der Waals surface area contributed by atoms with Gasteiger partial charge in [0.05, 0.1) is 10.5 Å². The van der Waals surface area contributed by atoms with Crippen molar-refractivity contribution in [2.75, 3.05) is 26.2 Å². The number of carbonyl (C=O) groups excluding carboxylic acids is 1. The highest BCUT2D eigenvalue weighted by Gasteiger charge is 2.11. The van der Waals surface area contributed by atoms with E-state index in [1.165, 1.54) is 24.3 Å². The molecule has 0 fully saturated rings. The number of rotatable bonds is 9. The molecule has 2 N–H and O–H groups in total. The van der Waals surface area contributed by atoms with Crippen LogP contribution in [0.2, 0.25) is 0 Å². The van der Waals surface area contributed by atoms with Crippen molar-refractivity contribution >= 4 is 16.0 Å². The molecular formula is C15H24N2O4S. The lowest BCUT2D eigenvalue weighted by atomic mass is 10.2. The van der Waals surface area contributed by atoms with Gasteiger partial charge in [-0.05, 0) is 43.8 Å². The first-order chi connectivity index (χ1) is 10.4. The summed E-state index contributed by atoms with van der Waals surface area (Å²) in [5, 5.41) is 5.00. The van der Waals surface area contributed by atoms with Crippen molar-refractivity contribution in [3.63, 3.8) is 0 Å². The highest BCUT2D eigenvalue weighted by molar-refractivity contribution is 7.89. The number of ether oxygens (including phenoxy) is 1. The quantitative estimate of drug-likeness (QED) is 0.696. The first-order valence-electron chi connectivity index (χ1n) is 7.40. The molecule has 0 atom stereocenters. The van der Waals surface area contributed by atoms with Gasteiger partial charge in [-0.25, -0.2) is 18.4 Å². The van der Waals surface area contributed by atoms with Crippen LogP contribution in [0.5, 0.6) is 0 Å². The Kier molecular flexibility index (Phi) is 7.50. The smallest absolute Gasteiger partial charge is 0.338 e. The molecule has 0 bridgehead atoms. The topological polar surface area (TPSA) is 89.7 Å². The number of hydrogen-bond acceptors (Lipinski definition) is 5. The van der Waals surface area contributed by atoms with Crippen molar-refractivity contribution in [3.8, 4) is 0 Å². The second kappa shape index (κ2) is 8.87. The van der Waals surface area contributed by atoms with Crippen LogP contribution >= 0.6 is 0 Å². The minimum atomic E-state index is -3.74. The number of nitrogens with two attached hydrogens (primary N) is 1. The van der Waals surface area contributed by atoms with Gasteiger partial charge in [0.25, 0.3) is 0 Å². The first-order valence-corrected chi connectivity index (χ1v) is 8.95. The summed E-state index contributed by atoms with van der Waals surface area (Å²) in [4.78, 5) is 14.1. The van der Waals surface area contributed by atoms with Crippen LogP contribution < -0.4 is 5.14 Å². The third kappa shape index (κ3) is 6.13. The molecule has 0 aliphatic heterocycles. The Morgan fingerprint density at radius 3 is 2.32 bits per heavy atom. The second-order valence-electron chi connectivity index (χ2n) is 4.99. The molecule has 1 aromatic rings. The Morgan fingerprint density at radius 1 is 1.18 bits per heavy atom. The number of carbonyl (C=O) groups is 1. The van der Waals surface area contributed by atoms with Gasteiger partial charge in [-0.1, -0.05) is 20.3 Å². The van der Waals surface area contributed by atoms with Crippen LogP contribution in [0.3, 0.4) is 0 Å². The van der Waals surface area contributed by atoms with Gasteiger partial charge in [-0.2, -0.15) is 0 Å². The van der Waals surface area contributed by atoms with E-state index in [1.807, 2.05) is 0 Å². The predicted octanol–water partition coefficient (Wildman–Crippen LogP) is 1.61. The zero-order chi connectivity index (χ0) is 16.6. The Hall–Kier alpha value is -1.44. The number of hydrogen-bond donors (Lipinski definition) is 1. The third-order valence-electron chi connectivity index (χ3n) is 3.33. The fourth-order valence-electron chi connectivity index (χ4n) is 1.94. The highest BCUT2D eigenvalue weighted by Crippen LogP contribution is 2.09. The first kappa shape index (κ1) is 18.6. The van der Waals surface area contributed by atoms with Gasteiger partial charge in [0, 0.05) is 6.54 Å². The van der Waals surface area contributed by atoms with Crippen LogP contribution in [0.15, 0.2) is 29.2 Å². The van der Waals surface area contributed by atoms with Crippen LogP contribution in [-0.2, 0) is 14.8 Å². The summed E-state index contributed by atoms with van der Waals surface area (Å²) < 4.78 is 27.5. The molecule has 0 saturated carbocycles. The maximum absolute atomic E-state index is 11.9. The Morgan fingerprint density at radius 2 is 1.82 bits per heavy atom. The number of primary sulfonamides is 1. The summed E-state index contributed by atoms with van der Waals surface area (Å²) in [7, 11) is -3.74. The molecule has 0 aliphatic carbocycles. The maximum atomic E-state index is 11.9. The molecule has 0 aromatic heterocycles. The van der Waals surface area contributed by atoms with Gasteiger partial charge in [-0.15, -0.1) is 0 Å². The van der Waals surface area contributed by atoms with Gasteiger partial charge >= 0.3 is 5.97 Å². The fourth-order valence-corrected chi connectivity index (χ4v) is 2.46. The van der Waals surface area contributed by atoms with E-state index in [4.69, 9.17) is 9.88 Å². The molecule has 0 unspecified atom stereocenters. The molecule has 22 heavy (non-hydrogen) atoms. The van der Waals surface area contributed by atoms with Crippen LogP contribution in [-0.4, -0.2) is 45.5 Å². The molecule has 0 spiro atoms. The fraction of sp³-hybridized carbons (Fsp3) is 0.533.